The molecule has 2 amide bonds. The Morgan fingerprint density at radius 3 is 1.69 bits per heavy atom. The molecule has 0 bridgehead atoms. The van der Waals surface area contributed by atoms with E-state index >= 15 is 0 Å². The first-order valence-corrected chi connectivity index (χ1v) is 13.5. The number of ether oxygens (including phenoxy) is 1. The first-order valence-electron chi connectivity index (χ1n) is 11.1. The normalized spacial score (nSPS) is 13.5. The molecule has 0 unspecified atom stereocenters. The summed E-state index contributed by atoms with van der Waals surface area (Å²) in [6.07, 6.45) is 1.71. The van der Waals surface area contributed by atoms with Gasteiger partial charge in [-0.1, -0.05) is 60.1 Å². The van der Waals surface area contributed by atoms with E-state index in [1.807, 2.05) is 6.92 Å². The molecule has 0 radical (unpaired) electrons. The molecule has 0 N–H and O–H groups in total. The number of esters is 1. The van der Waals surface area contributed by atoms with Crippen molar-refractivity contribution in [3.63, 3.8) is 0 Å². The number of nitrogens with zero attached hydrogens (tertiary/aromatic N) is 1. The molecule has 5 nitrogen and oxygen atoms in total. The van der Waals surface area contributed by atoms with Crippen LogP contribution in [0.4, 0.5) is 5.69 Å². The van der Waals surface area contributed by atoms with Crippen molar-refractivity contribution in [1.82, 2.24) is 0 Å². The lowest BCUT2D eigenvalue weighted by Gasteiger charge is -2.15. The summed E-state index contributed by atoms with van der Waals surface area (Å²) in [5, 5.41) is 1.15. The summed E-state index contributed by atoms with van der Waals surface area (Å²) in [6.45, 7) is 2.36. The predicted octanol–water partition coefficient (Wildman–Crippen LogP) is 7.62. The molecule has 3 aromatic rings. The third-order valence-electron chi connectivity index (χ3n) is 5.16. The third kappa shape index (κ3) is 6.16. The summed E-state index contributed by atoms with van der Waals surface area (Å²) in [7, 11) is 0. The van der Waals surface area contributed by atoms with Crippen LogP contribution in [0.1, 0.15) is 30.1 Å². The quantitative estimate of drug-likeness (QED) is 0.153. The molecule has 1 aliphatic rings. The molecule has 184 valence electrons. The summed E-state index contributed by atoms with van der Waals surface area (Å²) in [6, 6.07) is 20.4. The molecular formula is C27H21Cl2NO4S2. The van der Waals surface area contributed by atoms with Crippen LogP contribution in [0.15, 0.2) is 92.4 Å². The van der Waals surface area contributed by atoms with Gasteiger partial charge in [0, 0.05) is 19.8 Å². The molecule has 1 aliphatic heterocycles. The second-order valence-corrected chi connectivity index (χ2v) is 10.8. The summed E-state index contributed by atoms with van der Waals surface area (Å²) in [5.41, 5.74) is 0.726. The average molecular weight is 559 g/mol. The molecule has 1 heterocycles. The Morgan fingerprint density at radius 1 is 0.778 bits per heavy atom. The highest BCUT2D eigenvalue weighted by atomic mass is 35.5. The zero-order valence-corrected chi connectivity index (χ0v) is 22.3. The molecular weight excluding hydrogens is 537 g/mol. The van der Waals surface area contributed by atoms with Gasteiger partial charge in [-0.15, -0.1) is 0 Å². The SMILES string of the molecule is CCCCOC(=O)c1ccc(N2C(=O)C(Sc3ccc(Cl)cc3)=C(Sc3ccc(Cl)cc3)C2=O)cc1. The third-order valence-corrected chi connectivity index (χ3v) is 7.97. The van der Waals surface area contributed by atoms with Crippen LogP contribution < -0.4 is 4.90 Å². The van der Waals surface area contributed by atoms with Gasteiger partial charge in [0.05, 0.1) is 27.7 Å². The van der Waals surface area contributed by atoms with E-state index in [9.17, 15) is 14.4 Å². The van der Waals surface area contributed by atoms with E-state index in [2.05, 4.69) is 0 Å². The molecule has 9 heteroatoms. The first kappa shape index (κ1) is 26.4. The van der Waals surface area contributed by atoms with Crippen molar-refractivity contribution in [2.24, 2.45) is 0 Å². The van der Waals surface area contributed by atoms with Crippen molar-refractivity contribution in [3.8, 4) is 0 Å². The van der Waals surface area contributed by atoms with Gasteiger partial charge in [0.25, 0.3) is 11.8 Å². The smallest absolute Gasteiger partial charge is 0.338 e. The van der Waals surface area contributed by atoms with Gasteiger partial charge < -0.3 is 4.74 Å². The Balaban J connectivity index is 1.62. The number of rotatable bonds is 9. The molecule has 0 fully saturated rings. The highest BCUT2D eigenvalue weighted by Gasteiger charge is 2.40. The summed E-state index contributed by atoms with van der Waals surface area (Å²) < 4.78 is 5.24. The number of carbonyl (C=O) groups excluding carboxylic acids is 3. The predicted molar refractivity (Wildman–Crippen MR) is 146 cm³/mol. The fraction of sp³-hybridized carbons (Fsp3) is 0.148. The van der Waals surface area contributed by atoms with Gasteiger partial charge in [-0.3, -0.25) is 9.59 Å². The molecule has 0 atom stereocenters. The van der Waals surface area contributed by atoms with E-state index in [-0.39, 0.29) is 0 Å². The van der Waals surface area contributed by atoms with Crippen LogP contribution in [0.2, 0.25) is 10.0 Å². The molecule has 3 aromatic carbocycles. The molecule has 0 spiro atoms. The number of anilines is 1. The molecule has 0 aliphatic carbocycles. The molecule has 4 rings (SSSR count). The lowest BCUT2D eigenvalue weighted by atomic mass is 10.2. The lowest BCUT2D eigenvalue weighted by molar-refractivity contribution is -0.120. The Bertz CT molecular complexity index is 1240. The number of hydrogen-bond donors (Lipinski definition) is 0. The summed E-state index contributed by atoms with van der Waals surface area (Å²) in [5.74, 6) is -1.31. The van der Waals surface area contributed by atoms with Crippen LogP contribution in [-0.4, -0.2) is 24.4 Å². The second-order valence-electron chi connectivity index (χ2n) is 7.75. The number of carbonyl (C=O) groups is 3. The van der Waals surface area contributed by atoms with Crippen LogP contribution in [-0.2, 0) is 14.3 Å². The van der Waals surface area contributed by atoms with Gasteiger partial charge in [0.15, 0.2) is 0 Å². The van der Waals surface area contributed by atoms with Crippen molar-refractivity contribution in [1.29, 1.82) is 0 Å². The minimum Gasteiger partial charge on any atom is -0.462 e. The van der Waals surface area contributed by atoms with Gasteiger partial charge in [-0.2, -0.15) is 0 Å². The fourth-order valence-electron chi connectivity index (χ4n) is 3.28. The monoisotopic (exact) mass is 557 g/mol. The topological polar surface area (TPSA) is 63.7 Å². The number of imide groups is 1. The molecule has 0 aromatic heterocycles. The number of halogens is 2. The van der Waals surface area contributed by atoms with Crippen LogP contribution >= 0.6 is 46.7 Å². The highest BCUT2D eigenvalue weighted by Crippen LogP contribution is 2.44. The maximum Gasteiger partial charge on any atom is 0.338 e. The van der Waals surface area contributed by atoms with Crippen molar-refractivity contribution < 1.29 is 19.1 Å². The fourth-order valence-corrected chi connectivity index (χ4v) is 5.52. The van der Waals surface area contributed by atoms with Crippen molar-refractivity contribution in [2.45, 2.75) is 29.6 Å². The Kier molecular flexibility index (Phi) is 8.80. The van der Waals surface area contributed by atoms with Gasteiger partial charge >= 0.3 is 5.97 Å². The van der Waals surface area contributed by atoms with Crippen molar-refractivity contribution in [2.75, 3.05) is 11.5 Å². The summed E-state index contributed by atoms with van der Waals surface area (Å²) in [4.78, 5) is 42.6. The number of hydrogen-bond acceptors (Lipinski definition) is 6. The van der Waals surface area contributed by atoms with E-state index in [0.717, 1.165) is 27.5 Å². The van der Waals surface area contributed by atoms with Gasteiger partial charge in [-0.25, -0.2) is 9.69 Å². The summed E-state index contributed by atoms with van der Waals surface area (Å²) >= 11 is 14.4. The average Bonchev–Trinajstić information content (AvgIpc) is 3.10. The Hall–Kier alpha value is -2.71. The second kappa shape index (κ2) is 12.0. The molecule has 36 heavy (non-hydrogen) atoms. The zero-order chi connectivity index (χ0) is 25.7. The standard InChI is InChI=1S/C27H21Cl2NO4S2/c1-2-3-16-34-27(33)17-4-10-20(11-5-17)30-25(31)23(35-21-12-6-18(28)7-13-21)24(26(30)32)36-22-14-8-19(29)9-15-22/h4-15H,2-3,16H2,1H3. The van der Waals surface area contributed by atoms with Crippen LogP contribution in [0.25, 0.3) is 0 Å². The van der Waals surface area contributed by atoms with Gasteiger partial charge in [-0.05, 0) is 79.2 Å². The zero-order valence-electron chi connectivity index (χ0n) is 19.2. The minimum absolute atomic E-state index is 0.310. The van der Waals surface area contributed by atoms with Crippen LogP contribution in [0.3, 0.4) is 0 Å². The lowest BCUT2D eigenvalue weighted by Crippen LogP contribution is -2.31. The van der Waals surface area contributed by atoms with Crippen LogP contribution in [0, 0.1) is 0 Å². The van der Waals surface area contributed by atoms with Crippen molar-refractivity contribution >= 4 is 70.2 Å². The molecule has 0 saturated heterocycles. The number of amides is 2. The molecule has 0 saturated carbocycles. The largest absolute Gasteiger partial charge is 0.462 e. The Labute approximate surface area is 227 Å². The number of benzene rings is 3. The number of thioether (sulfide) groups is 2. The minimum atomic E-state index is -0.440. The van der Waals surface area contributed by atoms with E-state index < -0.39 is 17.8 Å². The maximum atomic E-state index is 13.5. The van der Waals surface area contributed by atoms with Crippen molar-refractivity contribution in [3.05, 3.63) is 98.2 Å². The van der Waals surface area contributed by atoms with Gasteiger partial charge in [0.2, 0.25) is 0 Å². The number of unbranched alkanes of at least 4 members (excludes halogenated alkanes) is 1. The van der Waals surface area contributed by atoms with E-state index in [1.54, 1.807) is 72.8 Å². The van der Waals surface area contributed by atoms with E-state index in [4.69, 9.17) is 27.9 Å². The van der Waals surface area contributed by atoms with Gasteiger partial charge in [0.1, 0.15) is 0 Å². The highest BCUT2D eigenvalue weighted by molar-refractivity contribution is 8.08. The van der Waals surface area contributed by atoms with E-state index in [0.29, 0.717) is 37.7 Å². The Morgan fingerprint density at radius 2 is 1.25 bits per heavy atom. The first-order chi connectivity index (χ1) is 17.4. The van der Waals surface area contributed by atoms with Crippen LogP contribution in [0.5, 0.6) is 0 Å². The van der Waals surface area contributed by atoms with E-state index in [1.165, 1.54) is 23.5 Å². The maximum absolute atomic E-state index is 13.5.